The lowest BCUT2D eigenvalue weighted by molar-refractivity contribution is -0.143. The zero-order valence-corrected chi connectivity index (χ0v) is 8.55. The molecule has 2 aromatic rings. The van der Waals surface area contributed by atoms with Gasteiger partial charge in [-0.25, -0.2) is 9.97 Å². The van der Waals surface area contributed by atoms with Gasteiger partial charge in [0.2, 0.25) is 5.95 Å². The quantitative estimate of drug-likeness (QED) is 0.726. The third-order valence-corrected chi connectivity index (χ3v) is 2.10. The van der Waals surface area contributed by atoms with E-state index in [0.29, 0.717) is 5.75 Å². The van der Waals surface area contributed by atoms with Crippen LogP contribution in [0.2, 0.25) is 0 Å². The zero-order chi connectivity index (χ0) is 12.6. The molecule has 0 aliphatic heterocycles. The topological polar surface area (TPSA) is 35.0 Å². The minimum absolute atomic E-state index is 0.00912. The first-order valence-electron chi connectivity index (χ1n) is 4.50. The van der Waals surface area contributed by atoms with Gasteiger partial charge in [-0.05, 0) is 12.1 Å². The first kappa shape index (κ1) is 11.6. The molecule has 17 heavy (non-hydrogen) atoms. The van der Waals surface area contributed by atoms with Gasteiger partial charge in [0.15, 0.2) is 5.69 Å². The minimum atomic E-state index is -4.86. The molecule has 7 heteroatoms. The highest BCUT2D eigenvalue weighted by Crippen LogP contribution is 2.30. The Morgan fingerprint density at radius 2 is 1.82 bits per heavy atom. The molecule has 0 fully saturated rings. The summed E-state index contributed by atoms with van der Waals surface area (Å²) in [7, 11) is 1.38. The molecule has 1 heterocycles. The molecule has 3 nitrogen and oxygen atoms in total. The summed E-state index contributed by atoms with van der Waals surface area (Å²) in [5, 5.41) is 0. The van der Waals surface area contributed by atoms with E-state index in [1.165, 1.54) is 25.3 Å². The van der Waals surface area contributed by atoms with Gasteiger partial charge in [0.1, 0.15) is 5.75 Å². The Morgan fingerprint density at radius 1 is 1.12 bits per heavy atom. The highest BCUT2D eigenvalue weighted by atomic mass is 19.4. The van der Waals surface area contributed by atoms with Gasteiger partial charge in [0.05, 0.1) is 18.1 Å². The largest absolute Gasteiger partial charge is 0.497 e. The second kappa shape index (κ2) is 3.83. The van der Waals surface area contributed by atoms with Gasteiger partial charge in [-0.2, -0.15) is 17.6 Å². The Morgan fingerprint density at radius 3 is 2.41 bits per heavy atom. The molecule has 0 N–H and O–H groups in total. The summed E-state index contributed by atoms with van der Waals surface area (Å²) in [6.45, 7) is 0. The van der Waals surface area contributed by atoms with Crippen molar-refractivity contribution in [2.24, 2.45) is 0 Å². The van der Waals surface area contributed by atoms with Crippen molar-refractivity contribution in [3.8, 4) is 5.75 Å². The molecule has 0 saturated carbocycles. The second-order valence-electron chi connectivity index (χ2n) is 3.22. The van der Waals surface area contributed by atoms with Gasteiger partial charge in [-0.3, -0.25) is 0 Å². The van der Waals surface area contributed by atoms with E-state index >= 15 is 0 Å². The fraction of sp³-hybridized carbons (Fsp3) is 0.200. The lowest BCUT2D eigenvalue weighted by atomic mass is 10.2. The Hall–Kier alpha value is -1.92. The predicted octanol–water partition coefficient (Wildman–Crippen LogP) is 2.80. The van der Waals surface area contributed by atoms with Crippen molar-refractivity contribution in [3.05, 3.63) is 29.8 Å². The van der Waals surface area contributed by atoms with E-state index in [1.807, 2.05) is 0 Å². The number of benzene rings is 1. The number of halogens is 4. The monoisotopic (exact) mass is 246 g/mol. The van der Waals surface area contributed by atoms with Crippen LogP contribution in [0.4, 0.5) is 17.6 Å². The summed E-state index contributed by atoms with van der Waals surface area (Å²) in [6, 6.07) is 4.02. The lowest BCUT2D eigenvalue weighted by Gasteiger charge is -2.08. The zero-order valence-electron chi connectivity index (χ0n) is 8.55. The van der Waals surface area contributed by atoms with Crippen LogP contribution in [-0.4, -0.2) is 17.1 Å². The average Bonchev–Trinajstić information content (AvgIpc) is 2.25. The molecular formula is C10H6F4N2O. The predicted molar refractivity (Wildman–Crippen MR) is 51.1 cm³/mol. The molecule has 0 unspecified atom stereocenters. The molecule has 0 aliphatic carbocycles. The number of rotatable bonds is 1. The minimum Gasteiger partial charge on any atom is -0.497 e. The van der Waals surface area contributed by atoms with Crippen molar-refractivity contribution >= 4 is 11.0 Å². The van der Waals surface area contributed by atoms with Gasteiger partial charge in [-0.15, -0.1) is 0 Å². The molecule has 0 bridgehead atoms. The van der Waals surface area contributed by atoms with Crippen molar-refractivity contribution in [1.29, 1.82) is 0 Å². The normalized spacial score (nSPS) is 11.8. The Balaban J connectivity index is 2.66. The molecule has 0 amide bonds. The van der Waals surface area contributed by atoms with Crippen molar-refractivity contribution in [1.82, 2.24) is 9.97 Å². The van der Waals surface area contributed by atoms with Crippen LogP contribution < -0.4 is 4.74 Å². The van der Waals surface area contributed by atoms with E-state index < -0.39 is 17.8 Å². The van der Waals surface area contributed by atoms with E-state index in [-0.39, 0.29) is 11.0 Å². The second-order valence-corrected chi connectivity index (χ2v) is 3.22. The number of alkyl halides is 3. The van der Waals surface area contributed by atoms with Crippen molar-refractivity contribution < 1.29 is 22.3 Å². The highest BCUT2D eigenvalue weighted by molar-refractivity contribution is 5.75. The first-order valence-corrected chi connectivity index (χ1v) is 4.50. The van der Waals surface area contributed by atoms with Crippen LogP contribution in [0.5, 0.6) is 5.75 Å². The number of fused-ring (bicyclic) bond motifs is 1. The maximum absolute atomic E-state index is 13.1. The van der Waals surface area contributed by atoms with Gasteiger partial charge in [0.25, 0.3) is 0 Å². The van der Waals surface area contributed by atoms with E-state index in [4.69, 9.17) is 4.74 Å². The summed E-state index contributed by atoms with van der Waals surface area (Å²) < 4.78 is 55.0. The smallest absolute Gasteiger partial charge is 0.437 e. The number of nitrogens with zero attached hydrogens (tertiary/aromatic N) is 2. The van der Waals surface area contributed by atoms with Crippen LogP contribution >= 0.6 is 0 Å². The van der Waals surface area contributed by atoms with Crippen LogP contribution in [-0.2, 0) is 6.18 Å². The molecule has 0 radical (unpaired) electrons. The molecule has 0 atom stereocenters. The molecule has 0 spiro atoms. The number of hydrogen-bond donors (Lipinski definition) is 0. The van der Waals surface area contributed by atoms with Crippen LogP contribution in [0.15, 0.2) is 18.2 Å². The molecule has 2 rings (SSSR count). The molecule has 0 saturated heterocycles. The Labute approximate surface area is 93.1 Å². The van der Waals surface area contributed by atoms with Crippen molar-refractivity contribution in [2.75, 3.05) is 7.11 Å². The number of ether oxygens (including phenoxy) is 1. The standard InChI is InChI=1S/C10H6F4N2O/c1-17-5-2-3-6-7(4-5)16-9(11)8(15-6)10(12,13)14/h2-4H,1H3. The fourth-order valence-electron chi connectivity index (χ4n) is 1.32. The summed E-state index contributed by atoms with van der Waals surface area (Å²) >= 11 is 0. The molecule has 90 valence electrons. The number of methoxy groups -OCH3 is 1. The van der Waals surface area contributed by atoms with Gasteiger partial charge in [-0.1, -0.05) is 0 Å². The van der Waals surface area contributed by atoms with E-state index in [0.717, 1.165) is 0 Å². The SMILES string of the molecule is COc1ccc2nc(C(F)(F)F)c(F)nc2c1. The third kappa shape index (κ3) is 2.13. The fourth-order valence-corrected chi connectivity index (χ4v) is 1.32. The van der Waals surface area contributed by atoms with Crippen LogP contribution in [0.25, 0.3) is 11.0 Å². The van der Waals surface area contributed by atoms with E-state index in [2.05, 4.69) is 9.97 Å². The van der Waals surface area contributed by atoms with Crippen LogP contribution in [0.3, 0.4) is 0 Å². The van der Waals surface area contributed by atoms with E-state index in [9.17, 15) is 17.6 Å². The highest BCUT2D eigenvalue weighted by Gasteiger charge is 2.37. The molecular weight excluding hydrogens is 240 g/mol. The lowest BCUT2D eigenvalue weighted by Crippen LogP contribution is -2.12. The summed E-state index contributed by atoms with van der Waals surface area (Å²) in [5.41, 5.74) is -1.65. The van der Waals surface area contributed by atoms with Crippen LogP contribution in [0.1, 0.15) is 5.69 Å². The number of aromatic nitrogens is 2. The average molecular weight is 246 g/mol. The van der Waals surface area contributed by atoms with E-state index in [1.54, 1.807) is 0 Å². The molecule has 1 aromatic carbocycles. The maximum atomic E-state index is 13.1. The summed E-state index contributed by atoms with van der Waals surface area (Å²) in [5.74, 6) is -1.27. The molecule has 0 aliphatic rings. The van der Waals surface area contributed by atoms with Crippen molar-refractivity contribution in [3.63, 3.8) is 0 Å². The van der Waals surface area contributed by atoms with Crippen LogP contribution in [0, 0.1) is 5.95 Å². The van der Waals surface area contributed by atoms with Gasteiger partial charge < -0.3 is 4.74 Å². The Bertz CT molecular complexity index is 568. The maximum Gasteiger partial charge on any atom is 0.437 e. The molecule has 1 aromatic heterocycles. The third-order valence-electron chi connectivity index (χ3n) is 2.10. The van der Waals surface area contributed by atoms with Gasteiger partial charge >= 0.3 is 6.18 Å². The first-order chi connectivity index (χ1) is 7.91. The Kier molecular flexibility index (Phi) is 2.60. The van der Waals surface area contributed by atoms with Gasteiger partial charge in [0, 0.05) is 6.07 Å². The summed E-state index contributed by atoms with van der Waals surface area (Å²) in [4.78, 5) is 6.42. The number of hydrogen-bond acceptors (Lipinski definition) is 3. The summed E-state index contributed by atoms with van der Waals surface area (Å²) in [6.07, 6.45) is -4.86. The van der Waals surface area contributed by atoms with Crippen molar-refractivity contribution in [2.45, 2.75) is 6.18 Å².